The zero-order chi connectivity index (χ0) is 43.8. The Morgan fingerprint density at radius 2 is 1.73 bits per heavy atom. The number of thiol groups is 2. The summed E-state index contributed by atoms with van der Waals surface area (Å²) < 4.78 is 72.0. The summed E-state index contributed by atoms with van der Waals surface area (Å²) in [5, 5.41) is 33.4. The molecule has 1 amide bonds. The maximum Gasteiger partial charge on any atom is 0.407 e. The van der Waals surface area contributed by atoms with E-state index < -0.39 is 95.6 Å². The van der Waals surface area contributed by atoms with Crippen molar-refractivity contribution in [2.75, 3.05) is 49.3 Å². The highest BCUT2D eigenvalue weighted by molar-refractivity contribution is 8.44. The van der Waals surface area contributed by atoms with Crippen molar-refractivity contribution < 1.29 is 56.4 Å². The highest BCUT2D eigenvalue weighted by Crippen LogP contribution is 2.60. The van der Waals surface area contributed by atoms with Gasteiger partial charge >= 0.3 is 19.7 Å². The molecule has 2 unspecified atom stereocenters. The molecule has 62 heavy (non-hydrogen) atoms. The van der Waals surface area contributed by atoms with Gasteiger partial charge in [-0.1, -0.05) is 44.1 Å². The third-order valence-electron chi connectivity index (χ3n) is 11.4. The maximum absolute atomic E-state index is 14.0. The first-order valence-electron chi connectivity index (χ1n) is 20.1. The summed E-state index contributed by atoms with van der Waals surface area (Å²) in [7, 11) is -1.38. The van der Waals surface area contributed by atoms with E-state index in [9.17, 15) is 24.1 Å². The molecule has 1 saturated carbocycles. The van der Waals surface area contributed by atoms with E-state index in [0.717, 1.165) is 30.0 Å². The third-order valence-corrected chi connectivity index (χ3v) is 16.4. The summed E-state index contributed by atoms with van der Waals surface area (Å²) in [6.07, 6.45) is -3.80. The van der Waals surface area contributed by atoms with E-state index in [1.165, 1.54) is 17.2 Å². The number of nitrogens with zero attached hydrogens (tertiary/aromatic N) is 7. The number of hydrogen-bond acceptors (Lipinski definition) is 20. The Kier molecular flexibility index (Phi) is 11.9. The summed E-state index contributed by atoms with van der Waals surface area (Å²) in [5.74, 6) is 0.765. The molecule has 0 aromatic carbocycles. The molecule has 9 rings (SSSR count). The lowest BCUT2D eigenvalue weighted by Crippen LogP contribution is -2.42. The monoisotopic (exact) mass is 957 g/mol. The number of carbonyl (C=O) groups excluding carboxylic acids is 1. The number of hydrogen-bond donors (Lipinski definition) is 8. The van der Waals surface area contributed by atoms with Crippen molar-refractivity contribution in [1.82, 2.24) is 39.4 Å². The van der Waals surface area contributed by atoms with Gasteiger partial charge < -0.3 is 50.7 Å². The van der Waals surface area contributed by atoms with Crippen LogP contribution in [0.15, 0.2) is 18.9 Å². The van der Waals surface area contributed by atoms with Crippen LogP contribution >= 0.6 is 38.1 Å². The largest absolute Gasteiger partial charge is 0.450 e. The Morgan fingerprint density at radius 3 is 2.47 bits per heavy atom. The minimum Gasteiger partial charge on any atom is -0.450 e. The van der Waals surface area contributed by atoms with Crippen LogP contribution in [-0.2, 0) is 47.9 Å². The molecule has 10 atom stereocenters. The molecule has 338 valence electrons. The van der Waals surface area contributed by atoms with Gasteiger partial charge in [-0.25, -0.2) is 28.9 Å². The fourth-order valence-corrected chi connectivity index (χ4v) is 11.6. The average Bonchev–Trinajstić information content (AvgIpc) is 3.41. The number of nitrogens with one attached hydrogen (secondary N) is 3. The van der Waals surface area contributed by atoms with Crippen LogP contribution < -0.4 is 21.7 Å². The first kappa shape index (κ1) is 44.1. The number of amides is 1. The number of imidazole rings is 1. The Balaban J connectivity index is 0.937. The highest BCUT2D eigenvalue weighted by atomic mass is 32.7. The quantitative estimate of drug-likeness (QED) is 0.0675. The van der Waals surface area contributed by atoms with Crippen molar-refractivity contribution in [1.29, 1.82) is 0 Å². The maximum atomic E-state index is 14.0. The summed E-state index contributed by atoms with van der Waals surface area (Å²) >= 11 is 8.45. The molecule has 2 bridgehead atoms. The van der Waals surface area contributed by atoms with E-state index in [2.05, 4.69) is 85.0 Å². The lowest BCUT2D eigenvalue weighted by Gasteiger charge is -2.26. The van der Waals surface area contributed by atoms with E-state index in [-0.39, 0.29) is 29.5 Å². The molecule has 1 aliphatic carbocycles. The Hall–Kier alpha value is -3.10. The van der Waals surface area contributed by atoms with Gasteiger partial charge in [-0.05, 0) is 37.3 Å². The topological polar surface area (TPSA) is 293 Å². The average molecular weight is 958 g/mol. The molecule has 28 heteroatoms. The molecular weight excluding hydrogens is 909 g/mol. The van der Waals surface area contributed by atoms with Crippen LogP contribution in [0.25, 0.3) is 22.2 Å². The number of aromatic nitrogens is 7. The molecule has 8 heterocycles. The van der Waals surface area contributed by atoms with Gasteiger partial charge in [-0.15, -0.1) is 0 Å². The van der Waals surface area contributed by atoms with Crippen molar-refractivity contribution in [3.05, 3.63) is 24.4 Å². The summed E-state index contributed by atoms with van der Waals surface area (Å²) in [4.78, 5) is 34.8. The van der Waals surface area contributed by atoms with Crippen LogP contribution in [-0.4, -0.2) is 134 Å². The van der Waals surface area contributed by atoms with Gasteiger partial charge in [0, 0.05) is 27.4 Å². The summed E-state index contributed by atoms with van der Waals surface area (Å²) in [5.41, 5.74) is 7.52. The van der Waals surface area contributed by atoms with Crippen molar-refractivity contribution in [2.45, 2.75) is 106 Å². The SMILES string of the molecule is C[Si](C)(C)CCOC(=O)NC1(CNc2nc(N)c3ncn([C@@H]4O[C@@H]5COP(=O)(S)O[C@H]6[C@@H](O)[C@H](n7cc8c9c(ncnc97)NCCC8)O[C@@H]6COP(=O)(S)O[C@@H]4[C@@H]5O)c3n2)CC1. The predicted octanol–water partition coefficient (Wildman–Crippen LogP) is 3.63. The second kappa shape index (κ2) is 16.7. The van der Waals surface area contributed by atoms with E-state index in [1.54, 1.807) is 4.57 Å². The van der Waals surface area contributed by atoms with Crippen molar-refractivity contribution in [3.63, 3.8) is 0 Å². The highest BCUT2D eigenvalue weighted by Gasteiger charge is 2.53. The number of carbonyl (C=O) groups is 1. The molecule has 7 N–H and O–H groups in total. The number of ether oxygens (including phenoxy) is 3. The summed E-state index contributed by atoms with van der Waals surface area (Å²) in [6.45, 7) is -1.91. The van der Waals surface area contributed by atoms with Gasteiger partial charge in [0.2, 0.25) is 5.95 Å². The Morgan fingerprint density at radius 1 is 1.00 bits per heavy atom. The number of alkyl carbamates (subject to hydrolysis) is 1. The molecule has 23 nitrogen and oxygen atoms in total. The first-order chi connectivity index (χ1) is 29.4. The third kappa shape index (κ3) is 9.08. The second-order valence-electron chi connectivity index (χ2n) is 17.3. The minimum atomic E-state index is -4.41. The molecule has 0 spiro atoms. The predicted molar refractivity (Wildman–Crippen MR) is 232 cm³/mol. The number of fused-ring (bicyclic) bond motifs is 4. The van der Waals surface area contributed by atoms with E-state index in [4.69, 9.17) is 38.0 Å². The molecule has 4 aliphatic heterocycles. The van der Waals surface area contributed by atoms with Crippen molar-refractivity contribution in [2.24, 2.45) is 0 Å². The lowest BCUT2D eigenvalue weighted by molar-refractivity contribution is -0.0574. The van der Waals surface area contributed by atoms with Crippen LogP contribution in [0.3, 0.4) is 0 Å². The van der Waals surface area contributed by atoms with Crippen molar-refractivity contribution in [3.8, 4) is 0 Å². The molecule has 4 aromatic rings. The smallest absolute Gasteiger partial charge is 0.407 e. The number of aliphatic hydroxyl groups is 2. The second-order valence-corrected chi connectivity index (χ2v) is 28.6. The fourth-order valence-electron chi connectivity index (χ4n) is 7.93. The fraction of sp³-hybridized carbons (Fsp3) is 0.647. The van der Waals surface area contributed by atoms with Crippen LogP contribution in [0.4, 0.5) is 22.4 Å². The number of anilines is 3. The van der Waals surface area contributed by atoms with Gasteiger partial charge in [0.15, 0.2) is 23.9 Å². The Bertz CT molecular complexity index is 2460. The molecule has 4 fully saturated rings. The van der Waals surface area contributed by atoms with Crippen LogP contribution in [0.1, 0.15) is 37.3 Å². The van der Waals surface area contributed by atoms with Gasteiger partial charge in [-0.3, -0.25) is 22.7 Å². The van der Waals surface area contributed by atoms with Gasteiger partial charge in [0.25, 0.3) is 0 Å². The number of aliphatic hydroxyl groups excluding tert-OH is 2. The van der Waals surface area contributed by atoms with E-state index in [1.807, 2.05) is 6.20 Å². The Labute approximate surface area is 366 Å². The van der Waals surface area contributed by atoms with Gasteiger partial charge in [0.05, 0.1) is 37.1 Å². The van der Waals surface area contributed by atoms with Gasteiger partial charge in [0.1, 0.15) is 59.9 Å². The number of aryl methyl sites for hydroxylation is 1. The number of rotatable bonds is 9. The zero-order valence-electron chi connectivity index (χ0n) is 33.9. The first-order valence-corrected chi connectivity index (χ1v) is 29.2. The lowest BCUT2D eigenvalue weighted by atomic mass is 10.1. The van der Waals surface area contributed by atoms with Gasteiger partial charge in [-0.2, -0.15) is 9.97 Å². The normalized spacial score (nSPS) is 33.4. The van der Waals surface area contributed by atoms with Crippen LogP contribution in [0.5, 0.6) is 0 Å². The zero-order valence-corrected chi connectivity index (χ0v) is 38.5. The molecule has 3 saturated heterocycles. The van der Waals surface area contributed by atoms with Crippen molar-refractivity contribution >= 4 is 92.0 Å². The van der Waals surface area contributed by atoms with Crippen LogP contribution in [0.2, 0.25) is 25.7 Å². The van der Waals surface area contributed by atoms with Crippen LogP contribution in [0, 0.1) is 0 Å². The van der Waals surface area contributed by atoms with E-state index in [0.29, 0.717) is 37.3 Å². The molecular formula is C34H49N11O12P2S2Si. The number of nitrogen functional groups attached to an aromatic ring is 1. The molecule has 4 aromatic heterocycles. The minimum absolute atomic E-state index is 0.0118. The van der Waals surface area contributed by atoms with E-state index >= 15 is 0 Å². The number of nitrogens with two attached hydrogens (primary N) is 1. The standard InChI is InChI=1S/C34H49N11O12P2S2Si/c1-62(2,3)10-9-51-33(48)43-34(6-7-34)14-37-32-41-26(35)21-29(42-32)45(16-40-21)31-25-22(46)18(54-31)12-52-58(49,60)56-24-19(13-53-59(50,61)57-25)55-30(23(24)47)44-11-17-5-4-8-36-27-20(17)28(44)39-15-38-27/h11,15-16,18-19,22-25,30-31,46-47H,4-10,12-14H2,1-3H3,(H,43,48)(H,49,60)(H,50,61)(H,36,38,39)(H3,35,37,41,42)/t18-,19-,22-,23-,24-,25-,30-,31-,58?,59?/m1/s1. The summed E-state index contributed by atoms with van der Waals surface area (Å²) in [6, 6.07) is 0.849. The molecule has 5 aliphatic rings. The molecule has 0 radical (unpaired) electrons.